The van der Waals surface area contributed by atoms with Crippen LogP contribution in [0.15, 0.2) is 11.6 Å². The van der Waals surface area contributed by atoms with Crippen LogP contribution in [0.1, 0.15) is 58.8 Å². The van der Waals surface area contributed by atoms with E-state index in [4.69, 9.17) is 5.73 Å². The number of rotatable bonds is 1. The smallest absolute Gasteiger partial charge is 0.312 e. The highest BCUT2D eigenvalue weighted by Crippen LogP contribution is 2.64. The number of amides is 2. The second kappa shape index (κ2) is 5.57. The topological polar surface area (TPSA) is 92.4 Å². The summed E-state index contributed by atoms with van der Waals surface area (Å²) in [6.45, 7) is 4.38. The fourth-order valence-corrected chi connectivity index (χ4v) is 6.92. The summed E-state index contributed by atoms with van der Waals surface area (Å²) < 4.78 is 0. The maximum Gasteiger partial charge on any atom is 0.312 e. The number of urea groups is 1. The van der Waals surface area contributed by atoms with Gasteiger partial charge in [-0.2, -0.15) is 0 Å². The molecule has 3 fully saturated rings. The Kier molecular flexibility index (Phi) is 3.80. The molecule has 0 radical (unpaired) electrons. The molecule has 0 unspecified atom stereocenters. The van der Waals surface area contributed by atoms with E-state index < -0.39 is 12.1 Å². The Morgan fingerprint density at radius 1 is 1.24 bits per heavy atom. The molecule has 0 aromatic rings. The van der Waals surface area contributed by atoms with Gasteiger partial charge in [-0.3, -0.25) is 4.79 Å². The van der Waals surface area contributed by atoms with Gasteiger partial charge >= 0.3 is 6.03 Å². The molecular formula is C20H30N2O3. The molecule has 0 aromatic heterocycles. The molecule has 4 rings (SSSR count). The van der Waals surface area contributed by atoms with Crippen LogP contribution in [-0.2, 0) is 4.79 Å². The number of hydrogen-bond donors (Lipinski definition) is 3. The largest absolute Gasteiger partial charge is 0.393 e. The van der Waals surface area contributed by atoms with E-state index >= 15 is 0 Å². The predicted octanol–water partition coefficient (Wildman–Crippen LogP) is 2.53. The first-order valence-corrected chi connectivity index (χ1v) is 9.74. The Bertz CT molecular complexity index is 645. The third-order valence-corrected chi connectivity index (χ3v) is 8.08. The molecule has 2 amide bonds. The molecule has 0 aliphatic heterocycles. The number of carbonyl (C=O) groups excluding carboxylic acids is 2. The van der Waals surface area contributed by atoms with E-state index in [0.717, 1.165) is 32.1 Å². The zero-order valence-electron chi connectivity index (χ0n) is 15.3. The number of hydrogen-bond acceptors (Lipinski definition) is 3. The van der Waals surface area contributed by atoms with E-state index in [0.29, 0.717) is 30.5 Å². The quantitative estimate of drug-likeness (QED) is 0.637. The predicted molar refractivity (Wildman–Crippen MR) is 94.6 cm³/mol. The van der Waals surface area contributed by atoms with Gasteiger partial charge in [-0.1, -0.05) is 25.5 Å². The molecule has 0 bridgehead atoms. The number of allylic oxidation sites excluding steroid dienone is 1. The van der Waals surface area contributed by atoms with Gasteiger partial charge in [0.2, 0.25) is 0 Å². The monoisotopic (exact) mass is 346 g/mol. The molecule has 5 heteroatoms. The number of nitrogens with two attached hydrogens (primary N) is 1. The summed E-state index contributed by atoms with van der Waals surface area (Å²) in [5.41, 5.74) is 6.31. The number of fused-ring (bicyclic) bond motifs is 5. The molecule has 3 saturated carbocycles. The molecule has 4 N–H and O–H groups in total. The van der Waals surface area contributed by atoms with Crippen molar-refractivity contribution in [1.82, 2.24) is 5.32 Å². The lowest BCUT2D eigenvalue weighted by Gasteiger charge is -2.59. The number of ketones is 1. The number of carbonyl (C=O) groups is 2. The van der Waals surface area contributed by atoms with Crippen LogP contribution in [-0.4, -0.2) is 29.1 Å². The van der Waals surface area contributed by atoms with Crippen molar-refractivity contribution in [1.29, 1.82) is 0 Å². The van der Waals surface area contributed by atoms with E-state index in [1.807, 2.05) is 0 Å². The average molecular weight is 346 g/mol. The van der Waals surface area contributed by atoms with Crippen LogP contribution in [0, 0.1) is 28.6 Å². The number of Topliss-reactive ketones (excluding diaryl/α,β-unsaturated/α-hetero) is 1. The first-order valence-electron chi connectivity index (χ1n) is 9.74. The summed E-state index contributed by atoms with van der Waals surface area (Å²) >= 11 is 0. The summed E-state index contributed by atoms with van der Waals surface area (Å²) in [4.78, 5) is 23.7. The summed E-state index contributed by atoms with van der Waals surface area (Å²) in [6.07, 6.45) is 7.92. The second-order valence-electron chi connectivity index (χ2n) is 9.25. The molecule has 0 aromatic carbocycles. The number of primary amides is 1. The second-order valence-corrected chi connectivity index (χ2v) is 9.25. The van der Waals surface area contributed by atoms with Crippen LogP contribution in [0.25, 0.3) is 0 Å². The lowest BCUT2D eigenvalue weighted by Crippen LogP contribution is -2.57. The van der Waals surface area contributed by atoms with Crippen molar-refractivity contribution in [3.8, 4) is 0 Å². The lowest BCUT2D eigenvalue weighted by molar-refractivity contribution is -0.146. The number of nitrogens with one attached hydrogen (secondary N) is 1. The van der Waals surface area contributed by atoms with Crippen LogP contribution in [0.2, 0.25) is 0 Å². The molecule has 25 heavy (non-hydrogen) atoms. The third kappa shape index (κ3) is 2.38. The van der Waals surface area contributed by atoms with E-state index in [1.54, 1.807) is 0 Å². The number of aliphatic hydroxyl groups excluding tert-OH is 1. The molecule has 7 atom stereocenters. The van der Waals surface area contributed by atoms with Crippen LogP contribution < -0.4 is 11.1 Å². The minimum Gasteiger partial charge on any atom is -0.393 e. The minimum atomic E-state index is -0.475. The van der Waals surface area contributed by atoms with Crippen molar-refractivity contribution in [2.24, 2.45) is 34.3 Å². The van der Waals surface area contributed by atoms with E-state index in [9.17, 15) is 14.7 Å². The minimum absolute atomic E-state index is 0.0104. The van der Waals surface area contributed by atoms with Gasteiger partial charge in [0.15, 0.2) is 0 Å². The maximum absolute atomic E-state index is 12.5. The van der Waals surface area contributed by atoms with Crippen molar-refractivity contribution in [2.75, 3.05) is 0 Å². The van der Waals surface area contributed by atoms with Crippen LogP contribution in [0.3, 0.4) is 0 Å². The van der Waals surface area contributed by atoms with Crippen molar-refractivity contribution in [2.45, 2.75) is 70.9 Å². The highest BCUT2D eigenvalue weighted by Gasteiger charge is 2.61. The highest BCUT2D eigenvalue weighted by molar-refractivity contribution is 5.87. The molecule has 4 aliphatic rings. The third-order valence-electron chi connectivity index (χ3n) is 8.08. The van der Waals surface area contributed by atoms with E-state index in [1.165, 1.54) is 5.57 Å². The molecule has 4 aliphatic carbocycles. The van der Waals surface area contributed by atoms with E-state index in [-0.39, 0.29) is 22.8 Å². The Balaban J connectivity index is 1.66. The zero-order chi connectivity index (χ0) is 18.0. The van der Waals surface area contributed by atoms with Crippen molar-refractivity contribution in [3.05, 3.63) is 11.6 Å². The summed E-state index contributed by atoms with van der Waals surface area (Å²) in [5.74, 6) is 1.44. The average Bonchev–Trinajstić information content (AvgIpc) is 2.82. The van der Waals surface area contributed by atoms with Crippen molar-refractivity contribution in [3.63, 3.8) is 0 Å². The van der Waals surface area contributed by atoms with Gasteiger partial charge < -0.3 is 16.2 Å². The number of aliphatic hydroxyl groups is 1. The van der Waals surface area contributed by atoms with Gasteiger partial charge in [0.25, 0.3) is 0 Å². The normalized spacial score (nSPS) is 48.8. The Morgan fingerprint density at radius 2 is 2.00 bits per heavy atom. The molecule has 138 valence electrons. The van der Waals surface area contributed by atoms with Gasteiger partial charge in [-0.05, 0) is 61.7 Å². The fourth-order valence-electron chi connectivity index (χ4n) is 6.92. The molecule has 0 spiro atoms. The molecule has 5 nitrogen and oxygen atoms in total. The summed E-state index contributed by atoms with van der Waals surface area (Å²) in [6, 6.07) is -0.465. The van der Waals surface area contributed by atoms with Gasteiger partial charge in [0, 0.05) is 17.9 Å². The first-order chi connectivity index (χ1) is 11.8. The Labute approximate surface area is 149 Å². The van der Waals surface area contributed by atoms with Crippen LogP contribution in [0.5, 0.6) is 0 Å². The Morgan fingerprint density at radius 3 is 2.72 bits per heavy atom. The molecule has 0 heterocycles. The van der Waals surface area contributed by atoms with Gasteiger partial charge in [0.1, 0.15) is 5.78 Å². The standard InChI is InChI=1S/C20H30N2O3/c1-19-8-7-12(22-18(21)25)9-11(19)3-4-13-14-5-6-16(24)20(14,2)10-15(23)17(13)19/h9,12-15,17,23H,3-8,10H2,1-2H3,(H3,21,22,25)/t12-,13-,14-,15+,17-,19+,20+/m1/s1. The van der Waals surface area contributed by atoms with Gasteiger partial charge in [-0.15, -0.1) is 0 Å². The van der Waals surface area contributed by atoms with Crippen LogP contribution >= 0.6 is 0 Å². The van der Waals surface area contributed by atoms with Crippen molar-refractivity contribution >= 4 is 11.8 Å². The fraction of sp³-hybridized carbons (Fsp3) is 0.800. The first kappa shape index (κ1) is 17.1. The molecule has 0 saturated heterocycles. The molecular weight excluding hydrogens is 316 g/mol. The van der Waals surface area contributed by atoms with Gasteiger partial charge in [-0.25, -0.2) is 4.79 Å². The Hall–Kier alpha value is -1.36. The van der Waals surface area contributed by atoms with Crippen LogP contribution in [0.4, 0.5) is 4.79 Å². The lowest BCUT2D eigenvalue weighted by atomic mass is 9.46. The van der Waals surface area contributed by atoms with Crippen molar-refractivity contribution < 1.29 is 14.7 Å². The zero-order valence-corrected chi connectivity index (χ0v) is 15.3. The van der Waals surface area contributed by atoms with E-state index in [2.05, 4.69) is 25.2 Å². The van der Waals surface area contributed by atoms with Gasteiger partial charge in [0.05, 0.1) is 6.10 Å². The SMILES string of the molecule is C[C@]12CC[C@@H](NC(N)=O)C=C1CC[C@H]1[C@@H]2[C@@H](O)C[C@]2(C)C(=O)CC[C@H]12. The highest BCUT2D eigenvalue weighted by atomic mass is 16.3. The summed E-state index contributed by atoms with van der Waals surface area (Å²) in [5, 5.41) is 13.9. The maximum atomic E-state index is 12.5. The summed E-state index contributed by atoms with van der Waals surface area (Å²) in [7, 11) is 0.